The normalized spacial score (nSPS) is 25.9. The van der Waals surface area contributed by atoms with Crippen molar-refractivity contribution in [3.8, 4) is 0 Å². The quantitative estimate of drug-likeness (QED) is 0.656. The van der Waals surface area contributed by atoms with Crippen LogP contribution in [0, 0.1) is 0 Å². The lowest BCUT2D eigenvalue weighted by molar-refractivity contribution is 0.269. The van der Waals surface area contributed by atoms with Gasteiger partial charge in [0.05, 0.1) is 0 Å². The molecule has 2 nitrogen and oxygen atoms in total. The third-order valence-electron chi connectivity index (χ3n) is 4.26. The summed E-state index contributed by atoms with van der Waals surface area (Å²) in [5, 5.41) is 0. The fourth-order valence-corrected chi connectivity index (χ4v) is 16.3. The number of hydrogen-bond donors (Lipinski definition) is 0. The lowest BCUT2D eigenvalue weighted by Gasteiger charge is -2.44. The molecule has 0 aliphatic carbocycles. The minimum absolute atomic E-state index is 1.04. The molecular formula is C14H35NOSi3. The second-order valence-electron chi connectivity index (χ2n) is 8.35. The molecule has 0 spiro atoms. The molecule has 1 heterocycles. The summed E-state index contributed by atoms with van der Waals surface area (Å²) in [4.78, 5) is 0. The van der Waals surface area contributed by atoms with E-state index in [0.29, 0.717) is 0 Å². The molecule has 0 aromatic rings. The molecule has 114 valence electrons. The predicted octanol–water partition coefficient (Wildman–Crippen LogP) is 4.73. The van der Waals surface area contributed by atoms with Gasteiger partial charge in [-0.25, -0.2) is 0 Å². The summed E-state index contributed by atoms with van der Waals surface area (Å²) in [6.07, 6.45) is 4.06. The van der Waals surface area contributed by atoms with Crippen molar-refractivity contribution in [1.82, 2.24) is 4.23 Å². The maximum absolute atomic E-state index is 6.16. The first-order valence-corrected chi connectivity index (χ1v) is 17.7. The molecule has 1 unspecified atom stereocenters. The van der Waals surface area contributed by atoms with E-state index in [-0.39, 0.29) is 0 Å². The van der Waals surface area contributed by atoms with Crippen molar-refractivity contribution in [2.24, 2.45) is 0 Å². The fraction of sp³-hybridized carbons (Fsp3) is 1.00. The number of hydrogen-bond acceptors (Lipinski definition) is 2. The molecule has 19 heavy (non-hydrogen) atoms. The fourth-order valence-electron chi connectivity index (χ4n) is 3.48. The summed E-state index contributed by atoms with van der Waals surface area (Å²) in [5.74, 6) is 0. The molecule has 1 atom stereocenters. The van der Waals surface area contributed by atoms with Crippen LogP contribution in [0.4, 0.5) is 0 Å². The zero-order chi connectivity index (χ0) is 14.7. The van der Waals surface area contributed by atoms with E-state index >= 15 is 0 Å². The van der Waals surface area contributed by atoms with Crippen molar-refractivity contribution < 1.29 is 4.43 Å². The molecule has 0 aromatic carbocycles. The standard InChI is InChI=1S/C14H35NOSi3/c1-17(2,3)15(18(4,5)6)11-10-14-19(7)13-9-8-12-16-19/h8-14H2,1-7H3. The second kappa shape index (κ2) is 6.56. The summed E-state index contributed by atoms with van der Waals surface area (Å²) in [5.41, 5.74) is 0. The highest BCUT2D eigenvalue weighted by Gasteiger charge is 2.35. The Labute approximate surface area is 124 Å². The summed E-state index contributed by atoms with van der Waals surface area (Å²) >= 11 is 0. The van der Waals surface area contributed by atoms with Crippen LogP contribution in [-0.2, 0) is 4.43 Å². The molecule has 0 amide bonds. The van der Waals surface area contributed by atoms with Crippen LogP contribution < -0.4 is 0 Å². The van der Waals surface area contributed by atoms with E-state index in [1.54, 1.807) is 0 Å². The second-order valence-corrected chi connectivity index (χ2v) is 22.8. The third kappa shape index (κ3) is 5.83. The Balaban J connectivity index is 2.49. The summed E-state index contributed by atoms with van der Waals surface area (Å²) in [7, 11) is -3.64. The van der Waals surface area contributed by atoms with Gasteiger partial charge in [-0.3, -0.25) is 0 Å². The van der Waals surface area contributed by atoms with Crippen molar-refractivity contribution in [3.63, 3.8) is 0 Å². The van der Waals surface area contributed by atoms with Gasteiger partial charge < -0.3 is 8.66 Å². The minimum atomic E-state index is -1.32. The zero-order valence-corrected chi connectivity index (χ0v) is 17.3. The molecule has 1 aliphatic rings. The number of rotatable bonds is 6. The molecule has 1 fully saturated rings. The third-order valence-corrected chi connectivity index (χ3v) is 15.7. The van der Waals surface area contributed by atoms with Gasteiger partial charge in [0.1, 0.15) is 16.5 Å². The van der Waals surface area contributed by atoms with Gasteiger partial charge in [0.2, 0.25) is 0 Å². The summed E-state index contributed by atoms with van der Waals surface area (Å²) < 4.78 is 9.08. The van der Waals surface area contributed by atoms with Gasteiger partial charge in [-0.05, 0) is 38.0 Å². The molecule has 1 aliphatic heterocycles. The van der Waals surface area contributed by atoms with Crippen molar-refractivity contribution in [3.05, 3.63) is 0 Å². The van der Waals surface area contributed by atoms with Crippen LogP contribution in [0.2, 0.25) is 57.9 Å². The number of nitrogens with zero attached hydrogens (tertiary/aromatic N) is 1. The Morgan fingerprint density at radius 2 is 1.58 bits per heavy atom. The maximum atomic E-state index is 6.16. The largest absolute Gasteiger partial charge is 0.417 e. The van der Waals surface area contributed by atoms with Crippen LogP contribution in [0.15, 0.2) is 0 Å². The van der Waals surface area contributed by atoms with E-state index in [4.69, 9.17) is 4.43 Å². The summed E-state index contributed by atoms with van der Waals surface area (Å²) in [6, 6.07) is 2.77. The van der Waals surface area contributed by atoms with Crippen LogP contribution in [0.3, 0.4) is 0 Å². The average molecular weight is 318 g/mol. The van der Waals surface area contributed by atoms with E-state index < -0.39 is 24.8 Å². The first kappa shape index (κ1) is 17.6. The van der Waals surface area contributed by atoms with E-state index in [2.05, 4.69) is 50.1 Å². The Kier molecular flexibility index (Phi) is 6.08. The minimum Gasteiger partial charge on any atom is -0.417 e. The molecule has 0 radical (unpaired) electrons. The van der Waals surface area contributed by atoms with Gasteiger partial charge in [-0.2, -0.15) is 0 Å². The first-order chi connectivity index (χ1) is 8.55. The average Bonchev–Trinajstić information content (AvgIpc) is 2.22. The zero-order valence-electron chi connectivity index (χ0n) is 14.3. The van der Waals surface area contributed by atoms with Crippen LogP contribution >= 0.6 is 0 Å². The van der Waals surface area contributed by atoms with Crippen LogP contribution in [0.1, 0.15) is 19.3 Å². The Morgan fingerprint density at radius 1 is 1.00 bits per heavy atom. The Morgan fingerprint density at radius 3 is 2.00 bits per heavy atom. The van der Waals surface area contributed by atoms with E-state index in [0.717, 1.165) is 6.61 Å². The smallest absolute Gasteiger partial charge is 0.189 e. The molecule has 0 N–H and O–H groups in total. The van der Waals surface area contributed by atoms with Crippen molar-refractivity contribution in [2.75, 3.05) is 13.2 Å². The lowest BCUT2D eigenvalue weighted by Crippen LogP contribution is -2.59. The molecule has 1 saturated heterocycles. The Hall–Kier alpha value is 0.571. The highest BCUT2D eigenvalue weighted by molar-refractivity contribution is 6.89. The summed E-state index contributed by atoms with van der Waals surface area (Å²) in [6.45, 7) is 19.8. The van der Waals surface area contributed by atoms with Crippen molar-refractivity contribution >= 4 is 24.8 Å². The first-order valence-electron chi connectivity index (χ1n) is 7.96. The van der Waals surface area contributed by atoms with Crippen LogP contribution in [0.25, 0.3) is 0 Å². The SMILES string of the molecule is C[Si]1(CCCN([Si](C)(C)C)[Si](C)(C)C)CCCCO1. The van der Waals surface area contributed by atoms with Crippen LogP contribution in [0.5, 0.6) is 0 Å². The van der Waals surface area contributed by atoms with Crippen molar-refractivity contribution in [2.45, 2.75) is 77.2 Å². The molecule has 1 rings (SSSR count). The molecule has 0 saturated carbocycles. The van der Waals surface area contributed by atoms with Gasteiger partial charge in [-0.15, -0.1) is 0 Å². The van der Waals surface area contributed by atoms with Gasteiger partial charge >= 0.3 is 0 Å². The van der Waals surface area contributed by atoms with E-state index in [1.165, 1.54) is 37.9 Å². The van der Waals surface area contributed by atoms with Gasteiger partial charge in [0, 0.05) is 6.61 Å². The highest BCUT2D eigenvalue weighted by atomic mass is 28.4. The van der Waals surface area contributed by atoms with Gasteiger partial charge in [0.25, 0.3) is 0 Å². The molecule has 0 bridgehead atoms. The molecule has 5 heteroatoms. The molecule has 0 aromatic heterocycles. The van der Waals surface area contributed by atoms with Crippen molar-refractivity contribution in [1.29, 1.82) is 0 Å². The van der Waals surface area contributed by atoms with Crippen LogP contribution in [-0.4, -0.2) is 42.2 Å². The van der Waals surface area contributed by atoms with E-state index in [9.17, 15) is 0 Å². The van der Waals surface area contributed by atoms with Gasteiger partial charge in [-0.1, -0.05) is 45.7 Å². The predicted molar refractivity (Wildman–Crippen MR) is 94.4 cm³/mol. The molecular weight excluding hydrogens is 282 g/mol. The van der Waals surface area contributed by atoms with Gasteiger partial charge in [0.15, 0.2) is 8.32 Å². The highest BCUT2D eigenvalue weighted by Crippen LogP contribution is 2.28. The lowest BCUT2D eigenvalue weighted by atomic mass is 10.4. The maximum Gasteiger partial charge on any atom is 0.189 e. The topological polar surface area (TPSA) is 12.5 Å². The Bertz CT molecular complexity index is 263. The monoisotopic (exact) mass is 317 g/mol. The van der Waals surface area contributed by atoms with E-state index in [1.807, 2.05) is 0 Å².